The number of rotatable bonds is 4. The van der Waals surface area contributed by atoms with Gasteiger partial charge in [0.05, 0.1) is 0 Å². The second-order valence-corrected chi connectivity index (χ2v) is 5.00. The Hall–Kier alpha value is -2.23. The molecule has 2 aromatic rings. The maximum atomic E-state index is 5.56. The van der Waals surface area contributed by atoms with Crippen LogP contribution < -0.4 is 10.6 Å². The van der Waals surface area contributed by atoms with E-state index in [1.165, 1.54) is 16.5 Å². The Bertz CT molecular complexity index is 638. The summed E-state index contributed by atoms with van der Waals surface area (Å²) in [5, 5.41) is 2.52. The van der Waals surface area contributed by atoms with E-state index in [9.17, 15) is 0 Å². The number of anilines is 1. The van der Waals surface area contributed by atoms with Crippen molar-refractivity contribution in [3.05, 3.63) is 42.5 Å². The van der Waals surface area contributed by atoms with E-state index in [4.69, 9.17) is 10.5 Å². The number of aliphatic imine (C=N–C) groups is 1. The number of ether oxygens (including phenoxy) is 1. The normalized spacial score (nSPS) is 17.9. The van der Waals surface area contributed by atoms with Crippen molar-refractivity contribution in [2.45, 2.75) is 13.0 Å². The second kappa shape index (κ2) is 5.41. The van der Waals surface area contributed by atoms with Crippen molar-refractivity contribution in [3.63, 3.8) is 0 Å². The van der Waals surface area contributed by atoms with Gasteiger partial charge in [-0.25, -0.2) is 4.99 Å². The minimum Gasteiger partial charge on any atom is -0.463 e. The van der Waals surface area contributed by atoms with Gasteiger partial charge < -0.3 is 15.4 Å². The van der Waals surface area contributed by atoms with Crippen molar-refractivity contribution in [3.8, 4) is 0 Å². The molecule has 0 bridgehead atoms. The molecule has 0 radical (unpaired) electrons. The van der Waals surface area contributed by atoms with Crippen LogP contribution in [0.3, 0.4) is 0 Å². The molecular weight excluding hydrogens is 250 g/mol. The number of likely N-dealkylation sites (N-methyl/N-ethyl adjacent to an activating group) is 1. The Morgan fingerprint density at radius 3 is 2.75 bits per heavy atom. The smallest absolute Gasteiger partial charge is 0.282 e. The summed E-state index contributed by atoms with van der Waals surface area (Å²) in [4.78, 5) is 6.60. The largest absolute Gasteiger partial charge is 0.463 e. The SMILES string of the molecule is CCN(CC1COC(N)=N1)c1ccc2ccccc2c1. The molecule has 1 aliphatic heterocycles. The number of fused-ring (bicyclic) bond motifs is 1. The maximum Gasteiger partial charge on any atom is 0.282 e. The number of nitrogens with zero attached hydrogens (tertiary/aromatic N) is 2. The van der Waals surface area contributed by atoms with E-state index in [1.807, 2.05) is 0 Å². The predicted octanol–water partition coefficient (Wildman–Crippen LogP) is 2.38. The van der Waals surface area contributed by atoms with Crippen molar-refractivity contribution in [2.24, 2.45) is 10.7 Å². The second-order valence-electron chi connectivity index (χ2n) is 5.00. The molecule has 20 heavy (non-hydrogen) atoms. The zero-order chi connectivity index (χ0) is 13.9. The van der Waals surface area contributed by atoms with Gasteiger partial charge in [-0.1, -0.05) is 30.3 Å². The summed E-state index contributed by atoms with van der Waals surface area (Å²) in [5.41, 5.74) is 6.78. The highest BCUT2D eigenvalue weighted by Crippen LogP contribution is 2.22. The molecule has 2 N–H and O–H groups in total. The highest BCUT2D eigenvalue weighted by molar-refractivity contribution is 5.85. The summed E-state index contributed by atoms with van der Waals surface area (Å²) >= 11 is 0. The van der Waals surface area contributed by atoms with Gasteiger partial charge in [-0.3, -0.25) is 0 Å². The molecule has 1 aliphatic rings. The molecule has 4 nitrogen and oxygen atoms in total. The van der Waals surface area contributed by atoms with E-state index >= 15 is 0 Å². The summed E-state index contributed by atoms with van der Waals surface area (Å²) < 4.78 is 5.22. The van der Waals surface area contributed by atoms with Crippen LogP contribution in [0.1, 0.15) is 6.92 Å². The molecule has 104 valence electrons. The first kappa shape index (κ1) is 12.8. The summed E-state index contributed by atoms with van der Waals surface area (Å²) in [6.07, 6.45) is 0. The number of hydrogen-bond donors (Lipinski definition) is 1. The molecule has 0 saturated heterocycles. The van der Waals surface area contributed by atoms with Crippen LogP contribution in [0.15, 0.2) is 47.5 Å². The Morgan fingerprint density at radius 1 is 1.25 bits per heavy atom. The first-order valence-corrected chi connectivity index (χ1v) is 6.96. The topological polar surface area (TPSA) is 50.9 Å². The van der Waals surface area contributed by atoms with Gasteiger partial charge in [0, 0.05) is 18.8 Å². The van der Waals surface area contributed by atoms with Crippen LogP contribution in [0.4, 0.5) is 5.69 Å². The third-order valence-electron chi connectivity index (χ3n) is 3.64. The number of nitrogens with two attached hydrogens (primary N) is 1. The quantitative estimate of drug-likeness (QED) is 0.927. The lowest BCUT2D eigenvalue weighted by atomic mass is 10.1. The molecule has 1 atom stereocenters. The molecule has 1 unspecified atom stereocenters. The highest BCUT2D eigenvalue weighted by atomic mass is 16.5. The Morgan fingerprint density at radius 2 is 2.05 bits per heavy atom. The molecule has 0 amide bonds. The van der Waals surface area contributed by atoms with Crippen LogP contribution >= 0.6 is 0 Å². The standard InChI is InChI=1S/C16H19N3O/c1-2-19(10-14-11-20-16(17)18-14)15-8-7-12-5-3-4-6-13(12)9-15/h3-9,14H,2,10-11H2,1H3,(H2,17,18). The summed E-state index contributed by atoms with van der Waals surface area (Å²) in [6.45, 7) is 4.49. The average Bonchev–Trinajstić information content (AvgIpc) is 2.89. The van der Waals surface area contributed by atoms with Crippen LogP contribution in [0.2, 0.25) is 0 Å². The Kier molecular flexibility index (Phi) is 3.46. The van der Waals surface area contributed by atoms with Crippen LogP contribution in [0.5, 0.6) is 0 Å². The van der Waals surface area contributed by atoms with Crippen LogP contribution in [0, 0.1) is 0 Å². The number of benzene rings is 2. The summed E-state index contributed by atoms with van der Waals surface area (Å²) in [5.74, 6) is 0. The Balaban J connectivity index is 1.83. The fraction of sp³-hybridized carbons (Fsp3) is 0.312. The maximum absolute atomic E-state index is 5.56. The molecule has 4 heteroatoms. The van der Waals surface area contributed by atoms with Crippen molar-refractivity contribution in [1.29, 1.82) is 0 Å². The monoisotopic (exact) mass is 269 g/mol. The lowest BCUT2D eigenvalue weighted by Gasteiger charge is -2.25. The first-order chi connectivity index (χ1) is 9.76. The van der Waals surface area contributed by atoms with E-state index in [1.54, 1.807) is 0 Å². The average molecular weight is 269 g/mol. The molecule has 2 aromatic carbocycles. The molecule has 0 aromatic heterocycles. The fourth-order valence-electron chi connectivity index (χ4n) is 2.57. The summed E-state index contributed by atoms with van der Waals surface area (Å²) in [6, 6.07) is 15.4. The molecule has 0 spiro atoms. The first-order valence-electron chi connectivity index (χ1n) is 6.96. The van der Waals surface area contributed by atoms with Gasteiger partial charge in [-0.15, -0.1) is 0 Å². The Labute approximate surface area is 118 Å². The zero-order valence-corrected chi connectivity index (χ0v) is 11.6. The van der Waals surface area contributed by atoms with Crippen LogP contribution in [0.25, 0.3) is 10.8 Å². The van der Waals surface area contributed by atoms with Crippen molar-refractivity contribution in [2.75, 3.05) is 24.6 Å². The lowest BCUT2D eigenvalue weighted by molar-refractivity contribution is 0.313. The lowest BCUT2D eigenvalue weighted by Crippen LogP contribution is -2.32. The fourth-order valence-corrected chi connectivity index (χ4v) is 2.57. The minimum absolute atomic E-state index is 0.126. The predicted molar refractivity (Wildman–Crippen MR) is 83.2 cm³/mol. The van der Waals surface area contributed by atoms with E-state index in [-0.39, 0.29) is 6.04 Å². The number of hydrogen-bond acceptors (Lipinski definition) is 4. The zero-order valence-electron chi connectivity index (χ0n) is 11.6. The number of amidine groups is 1. The minimum atomic E-state index is 0.126. The molecule has 0 saturated carbocycles. The third-order valence-corrected chi connectivity index (χ3v) is 3.64. The molecular formula is C16H19N3O. The molecule has 0 aliphatic carbocycles. The highest BCUT2D eigenvalue weighted by Gasteiger charge is 2.19. The summed E-state index contributed by atoms with van der Waals surface area (Å²) in [7, 11) is 0. The van der Waals surface area contributed by atoms with E-state index in [0.717, 1.165) is 13.1 Å². The van der Waals surface area contributed by atoms with Gasteiger partial charge in [-0.2, -0.15) is 0 Å². The van der Waals surface area contributed by atoms with E-state index in [2.05, 4.69) is 59.3 Å². The van der Waals surface area contributed by atoms with Crippen LogP contribution in [-0.4, -0.2) is 31.8 Å². The molecule has 0 fully saturated rings. The van der Waals surface area contributed by atoms with Crippen LogP contribution in [-0.2, 0) is 4.74 Å². The van der Waals surface area contributed by atoms with Gasteiger partial charge in [-0.05, 0) is 29.8 Å². The van der Waals surface area contributed by atoms with Gasteiger partial charge in [0.1, 0.15) is 12.6 Å². The van der Waals surface area contributed by atoms with E-state index in [0.29, 0.717) is 12.6 Å². The van der Waals surface area contributed by atoms with Crippen molar-refractivity contribution in [1.82, 2.24) is 0 Å². The molecule has 3 rings (SSSR count). The van der Waals surface area contributed by atoms with Gasteiger partial charge in [0.15, 0.2) is 0 Å². The van der Waals surface area contributed by atoms with Gasteiger partial charge in [0.25, 0.3) is 6.02 Å². The van der Waals surface area contributed by atoms with Crippen molar-refractivity contribution >= 4 is 22.5 Å². The van der Waals surface area contributed by atoms with Gasteiger partial charge in [0.2, 0.25) is 0 Å². The third kappa shape index (κ3) is 2.54. The van der Waals surface area contributed by atoms with Crippen molar-refractivity contribution < 1.29 is 4.74 Å². The van der Waals surface area contributed by atoms with Gasteiger partial charge >= 0.3 is 0 Å². The molecule has 1 heterocycles. The van der Waals surface area contributed by atoms with E-state index < -0.39 is 0 Å².